The summed E-state index contributed by atoms with van der Waals surface area (Å²) in [5, 5.41) is 11.6. The molecule has 0 spiro atoms. The van der Waals surface area contributed by atoms with Gasteiger partial charge in [0.2, 0.25) is 5.91 Å². The van der Waals surface area contributed by atoms with E-state index in [1.54, 1.807) is 0 Å². The number of amides is 2. The number of nitrogens with one attached hydrogen (secondary N) is 1. The summed E-state index contributed by atoms with van der Waals surface area (Å²) in [6.07, 6.45) is -2.75. The Balaban J connectivity index is 1.64. The van der Waals surface area contributed by atoms with Crippen molar-refractivity contribution in [3.8, 4) is 5.75 Å². The third-order valence-corrected chi connectivity index (χ3v) is 5.38. The third-order valence-electron chi connectivity index (χ3n) is 5.38. The molecular formula is C22H20F4N4O5. The summed E-state index contributed by atoms with van der Waals surface area (Å²) < 4.78 is 67.2. The molecular weight excluding hydrogens is 476 g/mol. The summed E-state index contributed by atoms with van der Waals surface area (Å²) in [7, 11) is 0. The molecule has 2 aromatic heterocycles. The first-order valence-corrected chi connectivity index (χ1v) is 10.3. The molecule has 0 aliphatic carbocycles. The standard InChI is InChI=1S/C22H20F4N4O5/c1-11-17(20(33)29-15(8-31)18(27)32)13-7-12(4-5-16(13)34-11)35-22(25,26)14-3-2-6-28-19(14)30-9-21(23,24)10-30/h2-7,15,31H,8-10H2,1H3,(H2,27,32)(H,29,33)/t15-/m0/s1. The lowest BCUT2D eigenvalue weighted by molar-refractivity contribution is -0.185. The van der Waals surface area contributed by atoms with Crippen LogP contribution in [0.1, 0.15) is 21.7 Å². The van der Waals surface area contributed by atoms with E-state index in [2.05, 4.69) is 10.3 Å². The second-order valence-electron chi connectivity index (χ2n) is 8.01. The quantitative estimate of drug-likeness (QED) is 0.408. The first-order chi connectivity index (χ1) is 16.4. The summed E-state index contributed by atoms with van der Waals surface area (Å²) in [4.78, 5) is 28.9. The third kappa shape index (κ3) is 4.71. The summed E-state index contributed by atoms with van der Waals surface area (Å²) in [5.74, 6) is -5.34. The van der Waals surface area contributed by atoms with Crippen molar-refractivity contribution in [3.63, 3.8) is 0 Å². The van der Waals surface area contributed by atoms with E-state index in [1.807, 2.05) is 0 Å². The van der Waals surface area contributed by atoms with Crippen molar-refractivity contribution in [1.82, 2.24) is 10.3 Å². The Morgan fingerprint density at radius 3 is 2.69 bits per heavy atom. The van der Waals surface area contributed by atoms with Gasteiger partial charge in [-0.15, -0.1) is 0 Å². The number of alkyl halides is 4. The number of fused-ring (bicyclic) bond motifs is 1. The van der Waals surface area contributed by atoms with E-state index in [4.69, 9.17) is 14.9 Å². The maximum atomic E-state index is 15.1. The van der Waals surface area contributed by atoms with Crippen LogP contribution in [0.4, 0.5) is 23.4 Å². The smallest absolute Gasteiger partial charge is 0.430 e. The lowest BCUT2D eigenvalue weighted by Gasteiger charge is -2.40. The molecule has 0 radical (unpaired) electrons. The number of aryl methyl sites for hydroxylation is 1. The Kier molecular flexibility index (Phi) is 6.05. The lowest BCUT2D eigenvalue weighted by Crippen LogP contribution is -2.57. The maximum Gasteiger partial charge on any atom is 0.430 e. The molecule has 0 unspecified atom stereocenters. The number of hydrogen-bond acceptors (Lipinski definition) is 7. The van der Waals surface area contributed by atoms with Gasteiger partial charge in [-0.25, -0.2) is 13.8 Å². The van der Waals surface area contributed by atoms with Gasteiger partial charge in [0.1, 0.15) is 34.5 Å². The minimum atomic E-state index is -3.96. The molecule has 0 bridgehead atoms. The molecule has 186 valence electrons. The molecule has 2 amide bonds. The average Bonchev–Trinajstić information content (AvgIpc) is 3.10. The molecule has 4 rings (SSSR count). The van der Waals surface area contributed by atoms with Crippen molar-refractivity contribution in [1.29, 1.82) is 0 Å². The summed E-state index contributed by atoms with van der Waals surface area (Å²) in [6.45, 7) is -0.780. The van der Waals surface area contributed by atoms with Gasteiger partial charge < -0.3 is 30.2 Å². The minimum absolute atomic E-state index is 0.0710. The number of hydrogen-bond donors (Lipinski definition) is 3. The number of ether oxygens (including phenoxy) is 1. The van der Waals surface area contributed by atoms with Gasteiger partial charge in [-0.2, -0.15) is 8.78 Å². The number of nitrogens with two attached hydrogens (primary N) is 1. The van der Waals surface area contributed by atoms with E-state index in [9.17, 15) is 23.5 Å². The van der Waals surface area contributed by atoms with Crippen LogP contribution in [0.15, 0.2) is 40.9 Å². The van der Waals surface area contributed by atoms with Gasteiger partial charge in [-0.1, -0.05) is 0 Å². The van der Waals surface area contributed by atoms with E-state index < -0.39 is 55.1 Å². The molecule has 35 heavy (non-hydrogen) atoms. The van der Waals surface area contributed by atoms with Crippen molar-refractivity contribution < 1.29 is 41.4 Å². The van der Waals surface area contributed by atoms with Crippen molar-refractivity contribution in [2.24, 2.45) is 5.73 Å². The normalized spacial score (nSPS) is 16.0. The molecule has 3 heterocycles. The Hall–Kier alpha value is -3.87. The monoisotopic (exact) mass is 496 g/mol. The van der Waals surface area contributed by atoms with Crippen LogP contribution in [0.25, 0.3) is 11.0 Å². The fraction of sp³-hybridized carbons (Fsp3) is 0.318. The predicted octanol–water partition coefficient (Wildman–Crippen LogP) is 2.30. The molecule has 1 saturated heterocycles. The molecule has 9 nitrogen and oxygen atoms in total. The molecule has 1 atom stereocenters. The zero-order valence-corrected chi connectivity index (χ0v) is 18.2. The number of primary amides is 1. The Morgan fingerprint density at radius 2 is 2.06 bits per heavy atom. The van der Waals surface area contributed by atoms with Crippen molar-refractivity contribution >= 4 is 28.6 Å². The second-order valence-corrected chi connectivity index (χ2v) is 8.01. The number of halogens is 4. The number of rotatable bonds is 8. The zero-order chi connectivity index (χ0) is 25.5. The van der Waals surface area contributed by atoms with Crippen molar-refractivity contribution in [3.05, 3.63) is 53.4 Å². The van der Waals surface area contributed by atoms with Gasteiger partial charge in [0.25, 0.3) is 11.8 Å². The highest BCUT2D eigenvalue weighted by atomic mass is 19.3. The van der Waals surface area contributed by atoms with Crippen LogP contribution >= 0.6 is 0 Å². The fourth-order valence-electron chi connectivity index (χ4n) is 3.72. The van der Waals surface area contributed by atoms with E-state index in [0.717, 1.165) is 17.0 Å². The number of aliphatic hydroxyl groups excluding tert-OH is 1. The highest BCUT2D eigenvalue weighted by Crippen LogP contribution is 2.41. The summed E-state index contributed by atoms with van der Waals surface area (Å²) in [5.41, 5.74) is 4.52. The second kappa shape index (κ2) is 8.73. The molecule has 1 fully saturated rings. The van der Waals surface area contributed by atoms with Gasteiger partial charge in [-0.05, 0) is 37.3 Å². The number of furan rings is 1. The lowest BCUT2D eigenvalue weighted by atomic mass is 10.1. The number of aromatic nitrogens is 1. The topological polar surface area (TPSA) is 131 Å². The highest BCUT2D eigenvalue weighted by molar-refractivity contribution is 6.08. The molecule has 4 N–H and O–H groups in total. The number of carbonyl (C=O) groups excluding carboxylic acids is 2. The Labute approximate surface area is 195 Å². The SMILES string of the molecule is Cc1oc2ccc(OC(F)(F)c3cccnc3N3CC(F)(F)C3)cc2c1C(=O)N[C@@H](CO)C(N)=O. The Morgan fingerprint density at radius 1 is 1.34 bits per heavy atom. The average molecular weight is 496 g/mol. The fourth-order valence-corrected chi connectivity index (χ4v) is 3.72. The first kappa shape index (κ1) is 24.3. The van der Waals surface area contributed by atoms with Crippen LogP contribution in [-0.4, -0.2) is 53.6 Å². The minimum Gasteiger partial charge on any atom is -0.461 e. The van der Waals surface area contributed by atoms with Gasteiger partial charge in [0, 0.05) is 11.6 Å². The van der Waals surface area contributed by atoms with Crippen LogP contribution in [-0.2, 0) is 10.9 Å². The van der Waals surface area contributed by atoms with E-state index in [1.165, 1.54) is 31.3 Å². The van der Waals surface area contributed by atoms with E-state index in [0.29, 0.717) is 0 Å². The van der Waals surface area contributed by atoms with Gasteiger partial charge >= 0.3 is 6.11 Å². The van der Waals surface area contributed by atoms with Gasteiger partial charge in [0.15, 0.2) is 0 Å². The molecule has 1 aliphatic heterocycles. The molecule has 0 saturated carbocycles. The molecule has 1 aliphatic rings. The van der Waals surface area contributed by atoms with Gasteiger partial charge in [-0.3, -0.25) is 9.59 Å². The molecule has 1 aromatic carbocycles. The number of benzene rings is 1. The highest BCUT2D eigenvalue weighted by Gasteiger charge is 2.48. The predicted molar refractivity (Wildman–Crippen MR) is 114 cm³/mol. The molecule has 13 heteroatoms. The number of aliphatic hydroxyl groups is 1. The number of anilines is 1. The molecule has 3 aromatic rings. The van der Waals surface area contributed by atoms with E-state index >= 15 is 8.78 Å². The van der Waals surface area contributed by atoms with Crippen LogP contribution < -0.4 is 20.7 Å². The van der Waals surface area contributed by atoms with E-state index in [-0.39, 0.29) is 33.9 Å². The van der Waals surface area contributed by atoms with Crippen LogP contribution in [0.2, 0.25) is 0 Å². The first-order valence-electron chi connectivity index (χ1n) is 10.3. The maximum absolute atomic E-state index is 15.1. The van der Waals surface area contributed by atoms with Crippen molar-refractivity contribution in [2.75, 3.05) is 24.6 Å². The Bertz CT molecular complexity index is 1290. The zero-order valence-electron chi connectivity index (χ0n) is 18.2. The van der Waals surface area contributed by atoms with Crippen LogP contribution in [0.5, 0.6) is 5.75 Å². The van der Waals surface area contributed by atoms with Crippen LogP contribution in [0, 0.1) is 6.92 Å². The van der Waals surface area contributed by atoms with Gasteiger partial charge in [0.05, 0.1) is 25.3 Å². The summed E-state index contributed by atoms with van der Waals surface area (Å²) in [6, 6.07) is 4.53. The summed E-state index contributed by atoms with van der Waals surface area (Å²) >= 11 is 0. The number of pyridine rings is 1. The number of carbonyl (C=O) groups is 2. The number of nitrogens with zero attached hydrogens (tertiary/aromatic N) is 2. The van der Waals surface area contributed by atoms with Crippen molar-refractivity contribution in [2.45, 2.75) is 25.0 Å². The largest absolute Gasteiger partial charge is 0.461 e. The van der Waals surface area contributed by atoms with Crippen LogP contribution in [0.3, 0.4) is 0 Å².